The van der Waals surface area contributed by atoms with Gasteiger partial charge in [0.15, 0.2) is 5.11 Å². The van der Waals surface area contributed by atoms with Gasteiger partial charge in [0, 0.05) is 16.5 Å². The van der Waals surface area contributed by atoms with E-state index in [1.54, 1.807) is 12.1 Å². The minimum Gasteiger partial charge on any atom is -0.331 e. The van der Waals surface area contributed by atoms with Crippen LogP contribution in [0.1, 0.15) is 5.56 Å². The van der Waals surface area contributed by atoms with Crippen LogP contribution in [0.2, 0.25) is 5.02 Å². The lowest BCUT2D eigenvalue weighted by Crippen LogP contribution is -2.44. The highest BCUT2D eigenvalue weighted by atomic mass is 35.5. The minimum atomic E-state index is -0.138. The van der Waals surface area contributed by atoms with Crippen LogP contribution in [-0.2, 0) is 10.5 Å². The second kappa shape index (κ2) is 9.39. The van der Waals surface area contributed by atoms with Gasteiger partial charge in [-0.1, -0.05) is 48.0 Å². The number of nitrogens with one attached hydrogen (secondary N) is 3. The zero-order valence-electron chi connectivity index (χ0n) is 12.2. The van der Waals surface area contributed by atoms with Gasteiger partial charge in [-0.2, -0.15) is 0 Å². The number of halogens is 1. The molecule has 0 aliphatic rings. The van der Waals surface area contributed by atoms with Gasteiger partial charge in [0.2, 0.25) is 5.91 Å². The van der Waals surface area contributed by atoms with E-state index in [9.17, 15) is 4.79 Å². The molecule has 0 spiro atoms. The Balaban J connectivity index is 1.65. The van der Waals surface area contributed by atoms with Gasteiger partial charge in [-0.15, -0.1) is 11.8 Å². The van der Waals surface area contributed by atoms with Gasteiger partial charge >= 0.3 is 0 Å². The molecule has 0 radical (unpaired) electrons. The molecule has 2 rings (SSSR count). The molecule has 0 heterocycles. The molecule has 0 bridgehead atoms. The number of carbonyl (C=O) groups excluding carboxylic acids is 1. The van der Waals surface area contributed by atoms with Crippen molar-refractivity contribution in [2.24, 2.45) is 0 Å². The van der Waals surface area contributed by atoms with Crippen LogP contribution >= 0.6 is 35.6 Å². The largest absolute Gasteiger partial charge is 0.331 e. The Bertz CT molecular complexity index is 667. The third-order valence-electron chi connectivity index (χ3n) is 2.74. The van der Waals surface area contributed by atoms with Gasteiger partial charge in [0.25, 0.3) is 0 Å². The summed E-state index contributed by atoms with van der Waals surface area (Å²) in [5, 5.41) is 3.84. The molecule has 0 unspecified atom stereocenters. The van der Waals surface area contributed by atoms with Crippen LogP contribution in [0.4, 0.5) is 5.69 Å². The number of rotatable bonds is 5. The maximum atomic E-state index is 11.7. The van der Waals surface area contributed by atoms with Crippen molar-refractivity contribution in [3.8, 4) is 0 Å². The second-order valence-corrected chi connectivity index (χ2v) is 6.45. The predicted octanol–water partition coefficient (Wildman–Crippen LogP) is 3.59. The molecule has 0 saturated carbocycles. The molecule has 0 aliphatic carbocycles. The topological polar surface area (TPSA) is 53.2 Å². The molecule has 0 atom stereocenters. The van der Waals surface area contributed by atoms with Crippen molar-refractivity contribution in [2.45, 2.75) is 5.75 Å². The fourth-order valence-electron chi connectivity index (χ4n) is 1.73. The van der Waals surface area contributed by atoms with Gasteiger partial charge < -0.3 is 5.32 Å². The van der Waals surface area contributed by atoms with Crippen LogP contribution in [0, 0.1) is 0 Å². The van der Waals surface area contributed by atoms with E-state index in [0.29, 0.717) is 15.9 Å². The number of anilines is 1. The third-order valence-corrected chi connectivity index (χ3v) is 4.19. The van der Waals surface area contributed by atoms with Crippen molar-refractivity contribution in [1.29, 1.82) is 0 Å². The fraction of sp³-hybridized carbons (Fsp3) is 0.125. The molecule has 0 aliphatic heterocycles. The monoisotopic (exact) mass is 365 g/mol. The van der Waals surface area contributed by atoms with Crippen molar-refractivity contribution in [2.75, 3.05) is 11.1 Å². The Morgan fingerprint density at radius 3 is 2.61 bits per heavy atom. The summed E-state index contributed by atoms with van der Waals surface area (Å²) < 4.78 is 0. The summed E-state index contributed by atoms with van der Waals surface area (Å²) in [4.78, 5) is 11.7. The first-order valence-electron chi connectivity index (χ1n) is 6.86. The molecule has 120 valence electrons. The summed E-state index contributed by atoms with van der Waals surface area (Å²) >= 11 is 12.5. The molecular formula is C16H16ClN3OS2. The van der Waals surface area contributed by atoms with Crippen molar-refractivity contribution in [1.82, 2.24) is 10.9 Å². The number of hydrogen-bond donors (Lipinski definition) is 3. The van der Waals surface area contributed by atoms with Crippen molar-refractivity contribution >= 4 is 52.3 Å². The molecule has 2 aromatic rings. The van der Waals surface area contributed by atoms with E-state index in [-0.39, 0.29) is 5.91 Å². The number of carbonyl (C=O) groups is 1. The van der Waals surface area contributed by atoms with E-state index in [0.717, 1.165) is 11.4 Å². The molecule has 4 nitrogen and oxygen atoms in total. The Labute approximate surface area is 150 Å². The third kappa shape index (κ3) is 6.90. The Morgan fingerprint density at radius 2 is 1.87 bits per heavy atom. The fourth-order valence-corrected chi connectivity index (χ4v) is 2.87. The molecule has 7 heteroatoms. The number of hydrogen-bond acceptors (Lipinski definition) is 3. The van der Waals surface area contributed by atoms with Gasteiger partial charge in [0.1, 0.15) is 0 Å². The minimum absolute atomic E-state index is 0.138. The number of hydrazine groups is 1. The highest BCUT2D eigenvalue weighted by Crippen LogP contribution is 2.14. The summed E-state index contributed by atoms with van der Waals surface area (Å²) in [5.74, 6) is 1.00. The second-order valence-electron chi connectivity index (χ2n) is 4.62. The maximum absolute atomic E-state index is 11.7. The van der Waals surface area contributed by atoms with Crippen LogP contribution < -0.4 is 16.2 Å². The van der Waals surface area contributed by atoms with Gasteiger partial charge in [-0.05, 0) is 36.0 Å². The number of thiocarbonyl (C=S) groups is 1. The summed E-state index contributed by atoms with van der Waals surface area (Å²) in [7, 11) is 0. The quantitative estimate of drug-likeness (QED) is 0.558. The standard InChI is InChI=1S/C16H16ClN3OS2/c17-13-7-4-8-14(9-13)18-16(22)20-19-15(21)11-23-10-12-5-2-1-3-6-12/h1-9H,10-11H2,(H,19,21)(H2,18,20,22). The van der Waals surface area contributed by atoms with Crippen LogP contribution in [0.25, 0.3) is 0 Å². The van der Waals surface area contributed by atoms with E-state index >= 15 is 0 Å². The first-order valence-corrected chi connectivity index (χ1v) is 8.80. The lowest BCUT2D eigenvalue weighted by atomic mass is 10.2. The molecule has 0 saturated heterocycles. The molecule has 23 heavy (non-hydrogen) atoms. The normalized spacial score (nSPS) is 9.96. The average Bonchev–Trinajstić information content (AvgIpc) is 2.54. The number of thioether (sulfide) groups is 1. The van der Waals surface area contributed by atoms with E-state index < -0.39 is 0 Å². The van der Waals surface area contributed by atoms with Crippen molar-refractivity contribution in [3.05, 3.63) is 65.2 Å². The molecule has 2 aromatic carbocycles. The highest BCUT2D eigenvalue weighted by Gasteiger charge is 2.03. The van der Waals surface area contributed by atoms with E-state index in [1.165, 1.54) is 17.3 Å². The summed E-state index contributed by atoms with van der Waals surface area (Å²) in [6, 6.07) is 17.2. The molecule has 0 fully saturated rings. The summed E-state index contributed by atoms with van der Waals surface area (Å²) in [6.07, 6.45) is 0. The van der Waals surface area contributed by atoms with Crippen molar-refractivity contribution < 1.29 is 4.79 Å². The molecule has 0 aromatic heterocycles. The van der Waals surface area contributed by atoms with Gasteiger partial charge in [0.05, 0.1) is 5.75 Å². The molecule has 1 amide bonds. The number of amides is 1. The first kappa shape index (κ1) is 17.6. The summed E-state index contributed by atoms with van der Waals surface area (Å²) in [5.41, 5.74) is 7.16. The zero-order chi connectivity index (χ0) is 16.5. The summed E-state index contributed by atoms with van der Waals surface area (Å²) in [6.45, 7) is 0. The average molecular weight is 366 g/mol. The van der Waals surface area contributed by atoms with Crippen LogP contribution in [-0.4, -0.2) is 16.8 Å². The first-order chi connectivity index (χ1) is 11.1. The van der Waals surface area contributed by atoms with E-state index in [1.807, 2.05) is 42.5 Å². The molecular weight excluding hydrogens is 350 g/mol. The maximum Gasteiger partial charge on any atom is 0.248 e. The van der Waals surface area contributed by atoms with Crippen LogP contribution in [0.5, 0.6) is 0 Å². The smallest absolute Gasteiger partial charge is 0.248 e. The Hall–Kier alpha value is -1.76. The van der Waals surface area contributed by atoms with E-state index in [4.69, 9.17) is 23.8 Å². The number of benzene rings is 2. The predicted molar refractivity (Wildman–Crippen MR) is 102 cm³/mol. The Morgan fingerprint density at radius 1 is 1.09 bits per heavy atom. The lowest BCUT2D eigenvalue weighted by Gasteiger charge is -2.11. The van der Waals surface area contributed by atoms with Gasteiger partial charge in [-0.25, -0.2) is 0 Å². The lowest BCUT2D eigenvalue weighted by molar-refractivity contribution is -0.119. The highest BCUT2D eigenvalue weighted by molar-refractivity contribution is 7.99. The Kier molecular flexibility index (Phi) is 7.19. The zero-order valence-corrected chi connectivity index (χ0v) is 14.6. The van der Waals surface area contributed by atoms with Crippen LogP contribution in [0.3, 0.4) is 0 Å². The van der Waals surface area contributed by atoms with Gasteiger partial charge in [-0.3, -0.25) is 15.6 Å². The van der Waals surface area contributed by atoms with Crippen LogP contribution in [0.15, 0.2) is 54.6 Å². The molecule has 3 N–H and O–H groups in total. The van der Waals surface area contributed by atoms with Crippen molar-refractivity contribution in [3.63, 3.8) is 0 Å². The SMILES string of the molecule is O=C(CSCc1ccccc1)NNC(=S)Nc1cccc(Cl)c1. The van der Waals surface area contributed by atoms with E-state index in [2.05, 4.69) is 16.2 Å².